The van der Waals surface area contributed by atoms with E-state index in [1.807, 2.05) is 0 Å². The molecule has 1 aliphatic rings. The minimum absolute atomic E-state index is 0.104. The Morgan fingerprint density at radius 3 is 2.40 bits per heavy atom. The minimum atomic E-state index is -1.20. The molecule has 20 nitrogen and oxygen atoms in total. The zero-order valence-corrected chi connectivity index (χ0v) is 30.2. The van der Waals surface area contributed by atoms with Crippen LogP contribution in [0.15, 0.2) is 6.20 Å². The van der Waals surface area contributed by atoms with Crippen LogP contribution in [0.4, 0.5) is 0 Å². The maximum absolute atomic E-state index is 12.1. The van der Waals surface area contributed by atoms with E-state index in [1.54, 1.807) is 24.7 Å². The molecule has 2 rings (SSSR count). The van der Waals surface area contributed by atoms with Crippen LogP contribution in [0.5, 0.6) is 0 Å². The van der Waals surface area contributed by atoms with Crippen molar-refractivity contribution in [3.63, 3.8) is 0 Å². The fourth-order valence-electron chi connectivity index (χ4n) is 5.21. The fraction of sp³-hybridized carbons (Fsp3) is 0.844. The van der Waals surface area contributed by atoms with E-state index in [0.717, 1.165) is 0 Å². The molecule has 1 aromatic rings. The van der Waals surface area contributed by atoms with Gasteiger partial charge in [0.15, 0.2) is 6.29 Å². The average molecular weight is 749 g/mol. The number of nitrogens with zero attached hydrogens (tertiary/aromatic N) is 3. The van der Waals surface area contributed by atoms with Crippen LogP contribution in [0.25, 0.3) is 0 Å². The first-order valence-corrected chi connectivity index (χ1v) is 17.6. The van der Waals surface area contributed by atoms with Gasteiger partial charge in [0, 0.05) is 31.0 Å². The number of aliphatic hydroxyl groups excluding tert-OH is 3. The molecule has 0 aromatic carbocycles. The van der Waals surface area contributed by atoms with Crippen molar-refractivity contribution in [3.8, 4) is 0 Å². The Labute approximate surface area is 304 Å². The van der Waals surface area contributed by atoms with Crippen molar-refractivity contribution in [1.29, 1.82) is 5.41 Å². The molecule has 1 aliphatic heterocycles. The van der Waals surface area contributed by atoms with Crippen LogP contribution in [-0.2, 0) is 55.9 Å². The number of rotatable bonds is 29. The molecule has 20 heteroatoms. The topological polar surface area (TPSA) is 287 Å². The number of aromatic nitrogens is 3. The van der Waals surface area contributed by atoms with E-state index in [9.17, 15) is 30.0 Å². The van der Waals surface area contributed by atoms with Crippen LogP contribution in [0, 0.1) is 5.41 Å². The summed E-state index contributed by atoms with van der Waals surface area (Å²) in [4.78, 5) is 23.9. The maximum Gasteiger partial charge on any atom is 0.233 e. The van der Waals surface area contributed by atoms with Gasteiger partial charge >= 0.3 is 0 Å². The summed E-state index contributed by atoms with van der Waals surface area (Å²) in [5.74, 6) is -0.432. The number of carbonyl (C=O) groups excluding carboxylic acids is 2. The van der Waals surface area contributed by atoms with E-state index < -0.39 is 36.3 Å². The Balaban J connectivity index is 1.39. The van der Waals surface area contributed by atoms with E-state index in [1.165, 1.54) is 0 Å². The van der Waals surface area contributed by atoms with Crippen LogP contribution in [-0.4, -0.2) is 157 Å². The summed E-state index contributed by atoms with van der Waals surface area (Å²) in [6.45, 7) is 6.62. The fourth-order valence-corrected chi connectivity index (χ4v) is 5.21. The summed E-state index contributed by atoms with van der Waals surface area (Å²) in [5, 5.41) is 60.8. The number of hydrogen-bond acceptors (Lipinski definition) is 17. The molecule has 2 heterocycles. The lowest BCUT2D eigenvalue weighted by atomic mass is 9.94. The quantitative estimate of drug-likeness (QED) is 0.0249. The highest BCUT2D eigenvalue weighted by Gasteiger charge is 2.37. The first kappa shape index (κ1) is 45.1. The number of unbranched alkanes of at least 4 members (excludes halogenated alkanes) is 1. The summed E-state index contributed by atoms with van der Waals surface area (Å²) < 4.78 is 39.5. The van der Waals surface area contributed by atoms with Crippen molar-refractivity contribution >= 4 is 17.9 Å². The Morgan fingerprint density at radius 1 is 1.08 bits per heavy atom. The maximum atomic E-state index is 12.1. The van der Waals surface area contributed by atoms with Gasteiger partial charge in [0.1, 0.15) is 17.9 Å². The molecular weight excluding hydrogens is 690 g/mol. The van der Waals surface area contributed by atoms with Crippen LogP contribution in [0.3, 0.4) is 0 Å². The third-order valence-electron chi connectivity index (χ3n) is 7.69. The monoisotopic (exact) mass is 748 g/mol. The number of carbonyl (C=O) groups is 2. The van der Waals surface area contributed by atoms with Crippen LogP contribution >= 0.6 is 0 Å². The van der Waals surface area contributed by atoms with E-state index >= 15 is 0 Å². The molecule has 300 valence electrons. The Bertz CT molecular complexity index is 1150. The van der Waals surface area contributed by atoms with Gasteiger partial charge in [0.05, 0.1) is 97.6 Å². The van der Waals surface area contributed by atoms with Gasteiger partial charge in [0.2, 0.25) is 11.8 Å². The molecule has 52 heavy (non-hydrogen) atoms. The molecule has 0 saturated carbocycles. The number of hydrogen-bond donors (Lipinski definition) is 7. The summed E-state index contributed by atoms with van der Waals surface area (Å²) in [6, 6.07) is -0.308. The van der Waals surface area contributed by atoms with Crippen LogP contribution in [0.2, 0.25) is 0 Å². The highest BCUT2D eigenvalue weighted by atomic mass is 16.7. The van der Waals surface area contributed by atoms with Crippen molar-refractivity contribution in [1.82, 2.24) is 25.6 Å². The molecule has 0 spiro atoms. The van der Waals surface area contributed by atoms with Gasteiger partial charge < -0.3 is 70.0 Å². The first-order valence-electron chi connectivity index (χ1n) is 17.6. The van der Waals surface area contributed by atoms with Gasteiger partial charge in [-0.25, -0.2) is 4.68 Å². The molecule has 0 bridgehead atoms. The Hall–Kier alpha value is -3.05. The second-order valence-corrected chi connectivity index (χ2v) is 12.8. The smallest absolute Gasteiger partial charge is 0.233 e. The number of aliphatic hydroxyl groups is 3. The number of nitrogens with two attached hydrogens (primary N) is 1. The van der Waals surface area contributed by atoms with Crippen molar-refractivity contribution in [2.24, 2.45) is 5.73 Å². The van der Waals surface area contributed by atoms with Gasteiger partial charge in [-0.1, -0.05) is 25.5 Å². The molecule has 0 radical (unpaired) electrons. The average Bonchev–Trinajstić information content (AvgIpc) is 3.54. The zero-order chi connectivity index (χ0) is 38.2. The zero-order valence-electron chi connectivity index (χ0n) is 30.2. The predicted molar refractivity (Wildman–Crippen MR) is 180 cm³/mol. The van der Waals surface area contributed by atoms with Gasteiger partial charge in [-0.05, 0) is 19.3 Å². The third kappa shape index (κ3) is 20.3. The lowest BCUT2D eigenvalue weighted by Crippen LogP contribution is -2.50. The lowest BCUT2D eigenvalue weighted by molar-refractivity contribution is -0.271. The van der Waals surface area contributed by atoms with E-state index in [4.69, 9.17) is 44.3 Å². The number of nitrogens with one attached hydrogen (secondary N) is 3. The standard InChI is InChI=1S/C32H59N7O13/c1-32(2,52-31(34)45)18-23(36-28(43)19-33)5-3-4-6-27(42)35-7-9-46-11-12-47-13-14-48-15-16-49-22-24-20-39(38-37-24)8-10-50-30-29(44)26(41)17-25(21-40)51-30/h20,23,25-26,29-30,40-41,44H,3-19,21-22,33H2,1-2H3,(H2,34,45)(H,35,42)(H,36,43)/p-1/t23?,25-,26-,29+,30+/m0/s1. The lowest BCUT2D eigenvalue weighted by Gasteiger charge is -2.36. The summed E-state index contributed by atoms with van der Waals surface area (Å²) in [6.07, 6.45) is -0.678. The van der Waals surface area contributed by atoms with E-state index in [2.05, 4.69) is 20.9 Å². The Kier molecular flexibility index (Phi) is 22.4. The molecular formula is C32H58N7O13-. The van der Waals surface area contributed by atoms with Crippen LogP contribution < -0.4 is 21.5 Å². The molecule has 1 aromatic heterocycles. The Morgan fingerprint density at radius 2 is 1.75 bits per heavy atom. The summed E-state index contributed by atoms with van der Waals surface area (Å²) in [5.41, 5.74) is 5.10. The van der Waals surface area contributed by atoms with Crippen molar-refractivity contribution in [3.05, 3.63) is 11.9 Å². The molecule has 1 saturated heterocycles. The molecule has 1 fully saturated rings. The highest BCUT2D eigenvalue weighted by Crippen LogP contribution is 2.22. The van der Waals surface area contributed by atoms with Gasteiger partial charge in [-0.15, -0.1) is 5.10 Å². The van der Waals surface area contributed by atoms with E-state index in [-0.39, 0.29) is 50.6 Å². The molecule has 5 atom stereocenters. The summed E-state index contributed by atoms with van der Waals surface area (Å²) >= 11 is 0. The van der Waals surface area contributed by atoms with Crippen molar-refractivity contribution in [2.75, 3.05) is 72.6 Å². The second kappa shape index (κ2) is 25.8. The van der Waals surface area contributed by atoms with Gasteiger partial charge in [0.25, 0.3) is 0 Å². The van der Waals surface area contributed by atoms with E-state index in [0.29, 0.717) is 97.1 Å². The van der Waals surface area contributed by atoms with Crippen molar-refractivity contribution in [2.45, 2.75) is 102 Å². The molecule has 1 unspecified atom stereocenters. The first-order chi connectivity index (χ1) is 24.9. The molecule has 0 aliphatic carbocycles. The van der Waals surface area contributed by atoms with Gasteiger partial charge in [-0.3, -0.25) is 15.0 Å². The number of ether oxygens (including phenoxy) is 7. The summed E-state index contributed by atoms with van der Waals surface area (Å²) in [7, 11) is 0. The molecule has 8 N–H and O–H groups in total. The SMILES string of the molecule is CC(C)(CC(CCCCC(=O)NCCOCCOCCOCCOCc1cn(CCO[C@@H]2O[C@H](CO)C[C@H](O)[C@H]2O)nn1)NC(=O)CN)OC(=N)[O-]. The normalized spacial score (nSPS) is 19.7. The highest BCUT2D eigenvalue weighted by molar-refractivity contribution is 5.78. The van der Waals surface area contributed by atoms with Gasteiger partial charge in [-0.2, -0.15) is 0 Å². The molecule has 2 amide bonds. The third-order valence-corrected chi connectivity index (χ3v) is 7.69. The largest absolute Gasteiger partial charge is 0.594 e. The minimum Gasteiger partial charge on any atom is -0.594 e. The van der Waals surface area contributed by atoms with Crippen molar-refractivity contribution < 1.29 is 63.2 Å². The van der Waals surface area contributed by atoms with Crippen LogP contribution in [0.1, 0.15) is 58.1 Å². The predicted octanol–water partition coefficient (Wildman–Crippen LogP) is -2.71. The second-order valence-electron chi connectivity index (χ2n) is 12.8. The number of amides is 2.